The molecular weight excluding hydrogens is 202 g/mol. The van der Waals surface area contributed by atoms with E-state index in [4.69, 9.17) is 14.4 Å². The summed E-state index contributed by atoms with van der Waals surface area (Å²) in [5, 5.41) is 8.73. The van der Waals surface area contributed by atoms with Gasteiger partial charge in [-0.15, -0.1) is 0 Å². The zero-order chi connectivity index (χ0) is 11.4. The van der Waals surface area contributed by atoms with Gasteiger partial charge >= 0.3 is 0 Å². The lowest BCUT2D eigenvalue weighted by molar-refractivity contribution is 0.268. The number of aryl methyl sites for hydroxylation is 1. The smallest absolute Gasteiger partial charge is 0.146 e. The summed E-state index contributed by atoms with van der Waals surface area (Å²) < 4.78 is 10.7. The molecule has 0 saturated carbocycles. The second-order valence-electron chi connectivity index (χ2n) is 3.46. The Morgan fingerprint density at radius 3 is 2.88 bits per heavy atom. The summed E-state index contributed by atoms with van der Waals surface area (Å²) in [4.78, 5) is 0. The van der Waals surface area contributed by atoms with Crippen LogP contribution in [-0.4, -0.2) is 0 Å². The summed E-state index contributed by atoms with van der Waals surface area (Å²) in [6, 6.07) is 11.1. The molecule has 1 aromatic carbocycles. The maximum absolute atomic E-state index is 8.73. The third-order valence-corrected chi connectivity index (χ3v) is 2.25. The highest BCUT2D eigenvalue weighted by Crippen LogP contribution is 2.20. The zero-order valence-electron chi connectivity index (χ0n) is 8.93. The van der Waals surface area contributed by atoms with Crippen LogP contribution in [0.2, 0.25) is 0 Å². The van der Waals surface area contributed by atoms with Crippen molar-refractivity contribution in [2.45, 2.75) is 13.5 Å². The molecule has 0 aliphatic rings. The molecule has 0 N–H and O–H groups in total. The molecule has 2 rings (SSSR count). The van der Waals surface area contributed by atoms with Crippen LogP contribution in [0.5, 0.6) is 5.75 Å². The van der Waals surface area contributed by atoms with E-state index in [9.17, 15) is 0 Å². The number of rotatable bonds is 3. The predicted molar refractivity (Wildman–Crippen MR) is 58.9 cm³/mol. The first-order chi connectivity index (χ1) is 7.79. The molecular formula is C13H11NO2. The molecule has 0 amide bonds. The number of nitriles is 1. The lowest BCUT2D eigenvalue weighted by Crippen LogP contribution is -1.95. The van der Waals surface area contributed by atoms with Crippen LogP contribution in [0.3, 0.4) is 0 Å². The molecule has 16 heavy (non-hydrogen) atoms. The summed E-state index contributed by atoms with van der Waals surface area (Å²) in [6.45, 7) is 2.32. The van der Waals surface area contributed by atoms with Gasteiger partial charge in [0.2, 0.25) is 0 Å². The molecule has 3 heteroatoms. The quantitative estimate of drug-likeness (QED) is 0.787. The molecule has 1 aromatic heterocycles. The Morgan fingerprint density at radius 1 is 1.38 bits per heavy atom. The molecule has 3 nitrogen and oxygen atoms in total. The zero-order valence-corrected chi connectivity index (χ0v) is 8.93. The van der Waals surface area contributed by atoms with Crippen LogP contribution in [0.15, 0.2) is 41.0 Å². The van der Waals surface area contributed by atoms with Crippen LogP contribution in [-0.2, 0) is 6.61 Å². The number of hydrogen-bond donors (Lipinski definition) is 0. The number of hydrogen-bond acceptors (Lipinski definition) is 3. The molecule has 0 bridgehead atoms. The van der Waals surface area contributed by atoms with E-state index in [1.54, 1.807) is 24.5 Å². The van der Waals surface area contributed by atoms with Crippen LogP contribution in [0.1, 0.15) is 16.9 Å². The fourth-order valence-electron chi connectivity index (χ4n) is 1.42. The lowest BCUT2D eigenvalue weighted by atomic mass is 10.1. The molecule has 0 unspecified atom stereocenters. The van der Waals surface area contributed by atoms with Gasteiger partial charge < -0.3 is 9.15 Å². The molecule has 1 heterocycles. The van der Waals surface area contributed by atoms with E-state index in [2.05, 4.69) is 6.07 Å². The van der Waals surface area contributed by atoms with Crippen molar-refractivity contribution in [2.75, 3.05) is 0 Å². The topological polar surface area (TPSA) is 46.2 Å². The highest BCUT2D eigenvalue weighted by Gasteiger charge is 2.02. The summed E-state index contributed by atoms with van der Waals surface area (Å²) in [5.41, 5.74) is 1.59. The molecule has 0 aliphatic heterocycles. The van der Waals surface area contributed by atoms with Crippen LogP contribution in [0.4, 0.5) is 0 Å². The van der Waals surface area contributed by atoms with Crippen molar-refractivity contribution in [1.82, 2.24) is 0 Å². The molecule has 0 spiro atoms. The number of nitrogens with zero attached hydrogens (tertiary/aromatic N) is 1. The van der Waals surface area contributed by atoms with Gasteiger partial charge in [0.05, 0.1) is 17.9 Å². The second-order valence-corrected chi connectivity index (χ2v) is 3.46. The Kier molecular flexibility index (Phi) is 2.93. The van der Waals surface area contributed by atoms with Crippen molar-refractivity contribution in [3.05, 3.63) is 53.5 Å². The maximum Gasteiger partial charge on any atom is 0.146 e. The van der Waals surface area contributed by atoms with Gasteiger partial charge in [-0.25, -0.2) is 0 Å². The standard InChI is InChI=1S/C13H11NO2/c1-10-7-11(8-14)4-5-13(10)16-9-12-3-2-6-15-12/h2-7H,9H2,1H3. The first kappa shape index (κ1) is 10.3. The minimum absolute atomic E-state index is 0.403. The second kappa shape index (κ2) is 4.54. The summed E-state index contributed by atoms with van der Waals surface area (Å²) in [6.07, 6.45) is 1.62. The van der Waals surface area contributed by atoms with Crippen molar-refractivity contribution in [3.63, 3.8) is 0 Å². The number of furan rings is 1. The van der Waals surface area contributed by atoms with Crippen LogP contribution < -0.4 is 4.74 Å². The van der Waals surface area contributed by atoms with Crippen molar-refractivity contribution < 1.29 is 9.15 Å². The average molecular weight is 213 g/mol. The highest BCUT2D eigenvalue weighted by molar-refractivity contribution is 5.41. The lowest BCUT2D eigenvalue weighted by Gasteiger charge is -2.07. The van der Waals surface area contributed by atoms with E-state index < -0.39 is 0 Å². The van der Waals surface area contributed by atoms with Gasteiger partial charge in [-0.3, -0.25) is 0 Å². The van der Waals surface area contributed by atoms with Crippen molar-refractivity contribution in [1.29, 1.82) is 5.26 Å². The third kappa shape index (κ3) is 2.23. The van der Waals surface area contributed by atoms with E-state index in [0.29, 0.717) is 12.2 Å². The summed E-state index contributed by atoms with van der Waals surface area (Å²) in [5.74, 6) is 1.55. The van der Waals surface area contributed by atoms with Gasteiger partial charge in [-0.2, -0.15) is 5.26 Å². The number of benzene rings is 1. The summed E-state index contributed by atoms with van der Waals surface area (Å²) >= 11 is 0. The van der Waals surface area contributed by atoms with Crippen LogP contribution in [0.25, 0.3) is 0 Å². The first-order valence-electron chi connectivity index (χ1n) is 4.95. The van der Waals surface area contributed by atoms with E-state index in [-0.39, 0.29) is 0 Å². The predicted octanol–water partition coefficient (Wildman–Crippen LogP) is 3.04. The SMILES string of the molecule is Cc1cc(C#N)ccc1OCc1ccco1. The van der Waals surface area contributed by atoms with Crippen molar-refractivity contribution in [3.8, 4) is 11.8 Å². The Hall–Kier alpha value is -2.21. The Labute approximate surface area is 93.9 Å². The highest BCUT2D eigenvalue weighted by atomic mass is 16.5. The fraction of sp³-hybridized carbons (Fsp3) is 0.154. The number of ether oxygens (including phenoxy) is 1. The molecule has 0 atom stereocenters. The molecule has 0 aliphatic carbocycles. The monoisotopic (exact) mass is 213 g/mol. The minimum Gasteiger partial charge on any atom is -0.485 e. The fourth-order valence-corrected chi connectivity index (χ4v) is 1.42. The first-order valence-corrected chi connectivity index (χ1v) is 4.95. The van der Waals surface area contributed by atoms with E-state index in [0.717, 1.165) is 17.1 Å². The van der Waals surface area contributed by atoms with Gasteiger partial charge in [0.25, 0.3) is 0 Å². The molecule has 0 radical (unpaired) electrons. The van der Waals surface area contributed by atoms with E-state index >= 15 is 0 Å². The van der Waals surface area contributed by atoms with Gasteiger partial charge in [0, 0.05) is 0 Å². The maximum atomic E-state index is 8.73. The molecule has 0 saturated heterocycles. The van der Waals surface area contributed by atoms with Gasteiger partial charge in [-0.1, -0.05) is 0 Å². The Balaban J connectivity index is 2.08. The van der Waals surface area contributed by atoms with Gasteiger partial charge in [-0.05, 0) is 42.8 Å². The largest absolute Gasteiger partial charge is 0.485 e. The van der Waals surface area contributed by atoms with Gasteiger partial charge in [0.1, 0.15) is 18.1 Å². The van der Waals surface area contributed by atoms with E-state index in [1.165, 1.54) is 0 Å². The van der Waals surface area contributed by atoms with Crippen molar-refractivity contribution >= 4 is 0 Å². The van der Waals surface area contributed by atoms with Gasteiger partial charge in [0.15, 0.2) is 0 Å². The summed E-state index contributed by atoms with van der Waals surface area (Å²) in [7, 11) is 0. The molecule has 2 aromatic rings. The van der Waals surface area contributed by atoms with Crippen LogP contribution >= 0.6 is 0 Å². The average Bonchev–Trinajstić information content (AvgIpc) is 2.80. The van der Waals surface area contributed by atoms with Crippen LogP contribution in [0, 0.1) is 18.3 Å². The third-order valence-electron chi connectivity index (χ3n) is 2.25. The molecule has 0 fully saturated rings. The van der Waals surface area contributed by atoms with E-state index in [1.807, 2.05) is 19.1 Å². The Morgan fingerprint density at radius 2 is 2.25 bits per heavy atom. The normalized spacial score (nSPS) is 9.75. The van der Waals surface area contributed by atoms with Crippen molar-refractivity contribution in [2.24, 2.45) is 0 Å². The Bertz CT molecular complexity index is 509. The minimum atomic E-state index is 0.403. The molecule has 80 valence electrons.